The molecule has 0 aliphatic heterocycles. The summed E-state index contributed by atoms with van der Waals surface area (Å²) >= 11 is 12.3. The number of hydrogen-bond acceptors (Lipinski definition) is 4. The van der Waals surface area contributed by atoms with Crippen molar-refractivity contribution in [2.24, 2.45) is 0 Å². The summed E-state index contributed by atoms with van der Waals surface area (Å²) in [5, 5.41) is 4.41. The lowest BCUT2D eigenvalue weighted by Gasteiger charge is -2.14. The Hall–Kier alpha value is -0.520. The molecular weight excluding hydrogens is 313 g/mol. The van der Waals surface area contributed by atoms with E-state index >= 15 is 0 Å². The molecule has 0 amide bonds. The van der Waals surface area contributed by atoms with Crippen molar-refractivity contribution >= 4 is 23.2 Å². The molecule has 4 nitrogen and oxygen atoms in total. The lowest BCUT2D eigenvalue weighted by Crippen LogP contribution is -2.19. The van der Waals surface area contributed by atoms with E-state index in [1.165, 1.54) is 0 Å². The highest BCUT2D eigenvalue weighted by Crippen LogP contribution is 2.32. The number of hydrogen-bond donors (Lipinski definition) is 1. The molecule has 120 valence electrons. The number of nitrogens with one attached hydrogen (secondary N) is 1. The van der Waals surface area contributed by atoms with Gasteiger partial charge in [0.1, 0.15) is 5.75 Å². The minimum absolute atomic E-state index is 0.540. The number of halogens is 2. The predicted octanol–water partition coefficient (Wildman–Crippen LogP) is 3.53. The van der Waals surface area contributed by atoms with Crippen LogP contribution in [0.4, 0.5) is 0 Å². The van der Waals surface area contributed by atoms with Crippen LogP contribution in [0.5, 0.6) is 5.75 Å². The molecule has 0 bridgehead atoms. The third-order valence-electron chi connectivity index (χ3n) is 2.87. The fourth-order valence-electron chi connectivity index (χ4n) is 1.83. The summed E-state index contributed by atoms with van der Waals surface area (Å²) in [7, 11) is 3.37. The molecular formula is C15H23Cl2NO3. The number of unbranched alkanes of at least 4 members (excludes halogenated alkanes) is 1. The zero-order valence-corrected chi connectivity index (χ0v) is 14.1. The van der Waals surface area contributed by atoms with E-state index in [9.17, 15) is 0 Å². The molecule has 0 aliphatic carbocycles. The maximum Gasteiger partial charge on any atom is 0.142 e. The summed E-state index contributed by atoms with van der Waals surface area (Å²) in [6, 6.07) is 3.57. The van der Waals surface area contributed by atoms with Gasteiger partial charge in [0.25, 0.3) is 0 Å². The van der Waals surface area contributed by atoms with Gasteiger partial charge in [0.15, 0.2) is 0 Å². The van der Waals surface area contributed by atoms with E-state index in [4.69, 9.17) is 37.4 Å². The Balaban J connectivity index is 2.57. The topological polar surface area (TPSA) is 39.7 Å². The van der Waals surface area contributed by atoms with E-state index in [1.54, 1.807) is 20.3 Å². The average Bonchev–Trinajstić information content (AvgIpc) is 2.45. The maximum absolute atomic E-state index is 6.23. The van der Waals surface area contributed by atoms with Crippen LogP contribution in [0.1, 0.15) is 18.4 Å². The molecule has 0 radical (unpaired) electrons. The van der Waals surface area contributed by atoms with Gasteiger partial charge in [-0.1, -0.05) is 23.2 Å². The van der Waals surface area contributed by atoms with Crippen molar-refractivity contribution in [3.63, 3.8) is 0 Å². The Morgan fingerprint density at radius 1 is 1.00 bits per heavy atom. The van der Waals surface area contributed by atoms with Crippen LogP contribution in [-0.2, 0) is 16.0 Å². The van der Waals surface area contributed by atoms with Crippen molar-refractivity contribution in [1.29, 1.82) is 0 Å². The van der Waals surface area contributed by atoms with Crippen LogP contribution in [0.25, 0.3) is 0 Å². The van der Waals surface area contributed by atoms with E-state index in [2.05, 4.69) is 5.32 Å². The average molecular weight is 336 g/mol. The minimum Gasteiger partial charge on any atom is -0.492 e. The molecule has 21 heavy (non-hydrogen) atoms. The predicted molar refractivity (Wildman–Crippen MR) is 86.6 cm³/mol. The second-order valence-electron chi connectivity index (χ2n) is 4.59. The van der Waals surface area contributed by atoms with Gasteiger partial charge in [-0.2, -0.15) is 0 Å². The Kier molecular flexibility index (Phi) is 9.79. The van der Waals surface area contributed by atoms with Crippen LogP contribution in [0.15, 0.2) is 12.1 Å². The minimum atomic E-state index is 0.540. The third kappa shape index (κ3) is 7.34. The Morgan fingerprint density at radius 2 is 1.71 bits per heavy atom. The first-order chi connectivity index (χ1) is 10.2. The molecule has 0 saturated heterocycles. The Bertz CT molecular complexity index is 416. The normalized spacial score (nSPS) is 10.9. The van der Waals surface area contributed by atoms with Gasteiger partial charge in [-0.15, -0.1) is 0 Å². The summed E-state index contributed by atoms with van der Waals surface area (Å²) in [6.45, 7) is 3.39. The van der Waals surface area contributed by atoms with Gasteiger partial charge in [-0.3, -0.25) is 0 Å². The summed E-state index contributed by atoms with van der Waals surface area (Å²) < 4.78 is 15.8. The molecule has 0 aliphatic rings. The van der Waals surface area contributed by atoms with Gasteiger partial charge in [-0.25, -0.2) is 0 Å². The molecule has 1 N–H and O–H groups in total. The van der Waals surface area contributed by atoms with Gasteiger partial charge in [-0.05, 0) is 25.0 Å². The van der Waals surface area contributed by atoms with Crippen molar-refractivity contribution in [1.82, 2.24) is 5.32 Å². The standard InChI is InChI=1S/C15H23Cl2NO3/c1-19-6-3-4-7-21-15-12(11-18-5-8-20-2)9-13(16)10-14(15)17/h9-10,18H,3-8,11H2,1-2H3. The Labute approximate surface area is 136 Å². The van der Waals surface area contributed by atoms with Crippen molar-refractivity contribution in [2.45, 2.75) is 19.4 Å². The molecule has 0 unspecified atom stereocenters. The molecule has 0 spiro atoms. The number of methoxy groups -OCH3 is 2. The second kappa shape index (κ2) is 11.1. The van der Waals surface area contributed by atoms with E-state index in [0.29, 0.717) is 35.6 Å². The highest BCUT2D eigenvalue weighted by atomic mass is 35.5. The smallest absolute Gasteiger partial charge is 0.142 e. The first-order valence-electron chi connectivity index (χ1n) is 6.98. The van der Waals surface area contributed by atoms with Crippen LogP contribution in [-0.4, -0.2) is 40.6 Å². The third-order valence-corrected chi connectivity index (χ3v) is 3.37. The molecule has 6 heteroatoms. The summed E-state index contributed by atoms with van der Waals surface area (Å²) in [5.41, 5.74) is 0.954. The van der Waals surface area contributed by atoms with Gasteiger partial charge < -0.3 is 19.5 Å². The summed E-state index contributed by atoms with van der Waals surface area (Å²) in [5.74, 6) is 0.698. The van der Waals surface area contributed by atoms with E-state index in [1.807, 2.05) is 6.07 Å². The zero-order valence-electron chi connectivity index (χ0n) is 12.6. The van der Waals surface area contributed by atoms with Crippen molar-refractivity contribution in [2.75, 3.05) is 40.6 Å². The van der Waals surface area contributed by atoms with E-state index in [-0.39, 0.29) is 0 Å². The van der Waals surface area contributed by atoms with Crippen LogP contribution in [0, 0.1) is 0 Å². The van der Waals surface area contributed by atoms with Gasteiger partial charge in [0.05, 0.1) is 18.2 Å². The van der Waals surface area contributed by atoms with Crippen molar-refractivity contribution < 1.29 is 14.2 Å². The molecule has 0 heterocycles. The van der Waals surface area contributed by atoms with Crippen molar-refractivity contribution in [3.8, 4) is 5.75 Å². The van der Waals surface area contributed by atoms with Crippen LogP contribution in [0.2, 0.25) is 10.0 Å². The van der Waals surface area contributed by atoms with Gasteiger partial charge >= 0.3 is 0 Å². The maximum atomic E-state index is 6.23. The van der Waals surface area contributed by atoms with Crippen LogP contribution >= 0.6 is 23.2 Å². The fourth-order valence-corrected chi connectivity index (χ4v) is 2.42. The first kappa shape index (κ1) is 18.5. The first-order valence-corrected chi connectivity index (χ1v) is 7.74. The highest BCUT2D eigenvalue weighted by molar-refractivity contribution is 6.35. The van der Waals surface area contributed by atoms with E-state index in [0.717, 1.165) is 31.6 Å². The highest BCUT2D eigenvalue weighted by Gasteiger charge is 2.10. The quantitative estimate of drug-likeness (QED) is 0.628. The largest absolute Gasteiger partial charge is 0.492 e. The Morgan fingerprint density at radius 3 is 2.43 bits per heavy atom. The zero-order chi connectivity index (χ0) is 15.5. The van der Waals surface area contributed by atoms with E-state index < -0.39 is 0 Å². The summed E-state index contributed by atoms with van der Waals surface area (Å²) in [6.07, 6.45) is 1.88. The fraction of sp³-hybridized carbons (Fsp3) is 0.600. The molecule has 1 aromatic rings. The molecule has 1 aromatic carbocycles. The van der Waals surface area contributed by atoms with Crippen molar-refractivity contribution in [3.05, 3.63) is 27.7 Å². The SMILES string of the molecule is COCCCCOc1c(Cl)cc(Cl)cc1CNCCOC. The molecule has 0 atom stereocenters. The van der Waals surface area contributed by atoms with Crippen LogP contribution in [0.3, 0.4) is 0 Å². The molecule has 0 aromatic heterocycles. The monoisotopic (exact) mass is 335 g/mol. The molecule has 1 rings (SSSR count). The number of ether oxygens (including phenoxy) is 3. The second-order valence-corrected chi connectivity index (χ2v) is 5.44. The number of benzene rings is 1. The lowest BCUT2D eigenvalue weighted by molar-refractivity contribution is 0.184. The molecule has 0 saturated carbocycles. The number of rotatable bonds is 11. The summed E-state index contributed by atoms with van der Waals surface area (Å²) in [4.78, 5) is 0. The van der Waals surface area contributed by atoms with Crippen LogP contribution < -0.4 is 10.1 Å². The molecule has 0 fully saturated rings. The van der Waals surface area contributed by atoms with Gasteiger partial charge in [0.2, 0.25) is 0 Å². The van der Waals surface area contributed by atoms with Gasteiger partial charge in [0, 0.05) is 44.5 Å². The lowest BCUT2D eigenvalue weighted by atomic mass is 10.2.